The molecule has 2 rings (SSSR count). The van der Waals surface area contributed by atoms with E-state index in [2.05, 4.69) is 0 Å². The number of nitrogens with zero attached hydrogens (tertiary/aromatic N) is 1. The molecule has 0 spiro atoms. The summed E-state index contributed by atoms with van der Waals surface area (Å²) in [5, 5.41) is 9.22. The number of hydrogen-bond donors (Lipinski definition) is 1. The van der Waals surface area contributed by atoms with Crippen LogP contribution in [0.15, 0.2) is 33.6 Å². The molecular formula is C17H17NO7. The third-order valence-corrected chi connectivity index (χ3v) is 3.06. The fourth-order valence-electron chi connectivity index (χ4n) is 2.13. The second-order valence-electron chi connectivity index (χ2n) is 6.29. The lowest BCUT2D eigenvalue weighted by Gasteiger charge is -2.20. The van der Waals surface area contributed by atoms with Gasteiger partial charge in [0.1, 0.15) is 23.5 Å². The minimum absolute atomic E-state index is 0.0526. The van der Waals surface area contributed by atoms with Gasteiger partial charge in [-0.2, -0.15) is 0 Å². The Kier molecular flexibility index (Phi) is 4.92. The van der Waals surface area contributed by atoms with Gasteiger partial charge in [-0.05, 0) is 39.0 Å². The van der Waals surface area contributed by atoms with Crippen LogP contribution in [0.2, 0.25) is 0 Å². The number of aromatic carboxylic acids is 1. The summed E-state index contributed by atoms with van der Waals surface area (Å²) in [5.74, 6) is -1.87. The summed E-state index contributed by atoms with van der Waals surface area (Å²) in [4.78, 5) is 46.2. The van der Waals surface area contributed by atoms with Crippen LogP contribution in [0.25, 0.3) is 11.3 Å². The molecule has 1 N–H and O–H groups in total. The lowest BCUT2D eigenvalue weighted by atomic mass is 10.1. The molecule has 0 aromatic carbocycles. The number of carboxylic acids is 1. The predicted molar refractivity (Wildman–Crippen MR) is 86.6 cm³/mol. The van der Waals surface area contributed by atoms with E-state index >= 15 is 0 Å². The van der Waals surface area contributed by atoms with Gasteiger partial charge in [0.25, 0.3) is 5.56 Å². The fourth-order valence-corrected chi connectivity index (χ4v) is 2.13. The summed E-state index contributed by atoms with van der Waals surface area (Å²) in [7, 11) is 0. The monoisotopic (exact) mass is 347 g/mol. The SMILES string of the molecule is CC(C)(C)OC(=O)Cn1cc(-c2ccc(C=O)o2)cc(C(=O)O)c1=O. The van der Waals surface area contributed by atoms with Crippen LogP contribution in [0.5, 0.6) is 0 Å². The van der Waals surface area contributed by atoms with Crippen LogP contribution in [0.3, 0.4) is 0 Å². The van der Waals surface area contributed by atoms with E-state index in [1.165, 1.54) is 18.3 Å². The Hall–Kier alpha value is -3.16. The molecule has 0 aliphatic rings. The maximum Gasteiger partial charge on any atom is 0.341 e. The minimum atomic E-state index is -1.44. The van der Waals surface area contributed by atoms with Crippen molar-refractivity contribution in [3.05, 3.63) is 46.1 Å². The molecule has 0 aliphatic heterocycles. The first-order chi connectivity index (χ1) is 11.6. The third-order valence-electron chi connectivity index (χ3n) is 3.06. The molecule has 0 radical (unpaired) electrons. The molecule has 0 bridgehead atoms. The van der Waals surface area contributed by atoms with Crippen molar-refractivity contribution in [2.45, 2.75) is 32.9 Å². The average Bonchev–Trinajstić information content (AvgIpc) is 2.96. The fraction of sp³-hybridized carbons (Fsp3) is 0.294. The van der Waals surface area contributed by atoms with Gasteiger partial charge < -0.3 is 18.8 Å². The largest absolute Gasteiger partial charge is 0.477 e. The number of furan rings is 1. The molecule has 0 aliphatic carbocycles. The number of aldehydes is 1. The van der Waals surface area contributed by atoms with Gasteiger partial charge in [-0.3, -0.25) is 14.4 Å². The van der Waals surface area contributed by atoms with E-state index in [0.717, 1.165) is 10.6 Å². The van der Waals surface area contributed by atoms with E-state index in [9.17, 15) is 24.3 Å². The van der Waals surface area contributed by atoms with Gasteiger partial charge in [-0.1, -0.05) is 0 Å². The van der Waals surface area contributed by atoms with Crippen molar-refractivity contribution in [3.63, 3.8) is 0 Å². The van der Waals surface area contributed by atoms with Gasteiger partial charge in [0.2, 0.25) is 0 Å². The number of hydrogen-bond acceptors (Lipinski definition) is 6. The second kappa shape index (κ2) is 6.76. The van der Waals surface area contributed by atoms with Crippen molar-refractivity contribution >= 4 is 18.2 Å². The highest BCUT2D eigenvalue weighted by Crippen LogP contribution is 2.21. The average molecular weight is 347 g/mol. The number of rotatable bonds is 5. The standard InChI is InChI=1S/C17H17NO7/c1-17(2,3)25-14(20)8-18-7-10(6-12(15(18)21)16(22)23)13-5-4-11(9-19)24-13/h4-7,9H,8H2,1-3H3,(H,22,23). The Labute approximate surface area is 142 Å². The Bertz CT molecular complexity index is 883. The molecule has 0 atom stereocenters. The first-order valence-corrected chi connectivity index (χ1v) is 7.36. The Morgan fingerprint density at radius 3 is 2.52 bits per heavy atom. The van der Waals surface area contributed by atoms with Crippen LogP contribution < -0.4 is 5.56 Å². The number of ether oxygens (including phenoxy) is 1. The summed E-state index contributed by atoms with van der Waals surface area (Å²) >= 11 is 0. The van der Waals surface area contributed by atoms with E-state index < -0.39 is 35.2 Å². The maximum absolute atomic E-state index is 12.2. The zero-order valence-corrected chi connectivity index (χ0v) is 13.9. The minimum Gasteiger partial charge on any atom is -0.477 e. The molecule has 8 nitrogen and oxygen atoms in total. The summed E-state index contributed by atoms with van der Waals surface area (Å²) < 4.78 is 11.3. The van der Waals surface area contributed by atoms with Crippen LogP contribution in [-0.4, -0.2) is 33.5 Å². The summed E-state index contributed by atoms with van der Waals surface area (Å²) in [6.45, 7) is 4.58. The van der Waals surface area contributed by atoms with Gasteiger partial charge in [-0.15, -0.1) is 0 Å². The number of pyridine rings is 1. The van der Waals surface area contributed by atoms with Crippen LogP contribution in [0.1, 0.15) is 41.7 Å². The lowest BCUT2D eigenvalue weighted by molar-refractivity contribution is -0.155. The normalized spacial score (nSPS) is 11.2. The van der Waals surface area contributed by atoms with Gasteiger partial charge in [-0.25, -0.2) is 4.79 Å². The quantitative estimate of drug-likeness (QED) is 0.649. The van der Waals surface area contributed by atoms with Crippen molar-refractivity contribution in [2.75, 3.05) is 0 Å². The van der Waals surface area contributed by atoms with Crippen LogP contribution in [0, 0.1) is 0 Å². The highest BCUT2D eigenvalue weighted by atomic mass is 16.6. The number of carbonyl (C=O) groups excluding carboxylic acids is 2. The number of aromatic nitrogens is 1. The van der Waals surface area contributed by atoms with Crippen molar-refractivity contribution < 1.29 is 28.6 Å². The summed E-state index contributed by atoms with van der Waals surface area (Å²) in [6, 6.07) is 4.00. The molecule has 25 heavy (non-hydrogen) atoms. The highest BCUT2D eigenvalue weighted by Gasteiger charge is 2.20. The molecule has 2 heterocycles. The highest BCUT2D eigenvalue weighted by molar-refractivity contribution is 5.88. The number of carboxylic acid groups (broad SMARTS) is 1. The van der Waals surface area contributed by atoms with Gasteiger partial charge in [0.15, 0.2) is 12.0 Å². The van der Waals surface area contributed by atoms with E-state index in [1.54, 1.807) is 20.8 Å². The van der Waals surface area contributed by atoms with Crippen LogP contribution in [0.4, 0.5) is 0 Å². The Morgan fingerprint density at radius 1 is 1.32 bits per heavy atom. The summed E-state index contributed by atoms with van der Waals surface area (Å²) in [5.41, 5.74) is -1.86. The molecule has 0 saturated carbocycles. The molecule has 0 saturated heterocycles. The molecule has 8 heteroatoms. The van der Waals surface area contributed by atoms with E-state index in [1.807, 2.05) is 0 Å². The van der Waals surface area contributed by atoms with Gasteiger partial charge in [0.05, 0.1) is 0 Å². The molecule has 0 unspecified atom stereocenters. The molecular weight excluding hydrogens is 330 g/mol. The smallest absolute Gasteiger partial charge is 0.341 e. The van der Waals surface area contributed by atoms with E-state index in [0.29, 0.717) is 6.29 Å². The maximum atomic E-state index is 12.2. The van der Waals surface area contributed by atoms with Crippen molar-refractivity contribution in [3.8, 4) is 11.3 Å². The molecule has 2 aromatic heterocycles. The molecule has 0 fully saturated rings. The topological polar surface area (TPSA) is 116 Å². The first-order valence-electron chi connectivity index (χ1n) is 7.36. The number of esters is 1. The number of carbonyl (C=O) groups is 3. The van der Waals surface area contributed by atoms with Gasteiger partial charge in [0, 0.05) is 11.8 Å². The zero-order valence-electron chi connectivity index (χ0n) is 13.9. The van der Waals surface area contributed by atoms with Crippen molar-refractivity contribution in [2.24, 2.45) is 0 Å². The lowest BCUT2D eigenvalue weighted by Crippen LogP contribution is -2.32. The summed E-state index contributed by atoms with van der Waals surface area (Å²) in [6.07, 6.45) is 1.78. The Morgan fingerprint density at radius 2 is 2.00 bits per heavy atom. The Balaban J connectivity index is 2.48. The molecule has 132 valence electrons. The van der Waals surface area contributed by atoms with Crippen molar-refractivity contribution in [1.29, 1.82) is 0 Å². The van der Waals surface area contributed by atoms with Gasteiger partial charge >= 0.3 is 11.9 Å². The molecule has 2 aromatic rings. The molecule has 0 amide bonds. The first kappa shape index (κ1) is 18.2. The van der Waals surface area contributed by atoms with E-state index in [-0.39, 0.29) is 17.1 Å². The van der Waals surface area contributed by atoms with Crippen LogP contribution >= 0.6 is 0 Å². The van der Waals surface area contributed by atoms with Crippen LogP contribution in [-0.2, 0) is 16.1 Å². The van der Waals surface area contributed by atoms with E-state index in [4.69, 9.17) is 9.15 Å². The zero-order chi connectivity index (χ0) is 18.8. The predicted octanol–water partition coefficient (Wildman–Crippen LogP) is 1.96. The third kappa shape index (κ3) is 4.43. The van der Waals surface area contributed by atoms with Crippen molar-refractivity contribution in [1.82, 2.24) is 4.57 Å². The second-order valence-corrected chi connectivity index (χ2v) is 6.29.